The third kappa shape index (κ3) is 2.53. The number of pyridine rings is 1. The molecule has 0 atom stereocenters. The molecule has 1 aromatic heterocycles. The molecular weight excluding hydrogens is 193 g/mol. The Bertz CT molecular complexity index is 393. The van der Waals surface area contributed by atoms with E-state index in [2.05, 4.69) is 4.98 Å². The molecule has 0 aliphatic carbocycles. The van der Waals surface area contributed by atoms with Crippen molar-refractivity contribution in [3.05, 3.63) is 54.1 Å². The second-order valence-electron chi connectivity index (χ2n) is 3.19. The van der Waals surface area contributed by atoms with E-state index >= 15 is 0 Å². The Morgan fingerprint density at radius 2 is 1.67 bits per heavy atom. The van der Waals surface area contributed by atoms with Crippen LogP contribution in [0.4, 0.5) is 4.39 Å². The van der Waals surface area contributed by atoms with Gasteiger partial charge in [0.2, 0.25) is 0 Å². The van der Waals surface area contributed by atoms with Crippen molar-refractivity contribution in [2.24, 2.45) is 0 Å². The number of ether oxygens (including phenoxy) is 1. The second kappa shape index (κ2) is 4.09. The summed E-state index contributed by atoms with van der Waals surface area (Å²) in [4.78, 5) is 4.09. The van der Waals surface area contributed by atoms with Gasteiger partial charge < -0.3 is 4.74 Å². The maximum atomic E-state index is 12.6. The molecule has 76 valence electrons. The van der Waals surface area contributed by atoms with E-state index in [0.717, 1.165) is 5.69 Å². The SMILES string of the molecule is Cc1ccc(Oc2ccc(F)cc2)cn1. The summed E-state index contributed by atoms with van der Waals surface area (Å²) >= 11 is 0. The Kier molecular flexibility index (Phi) is 2.63. The molecule has 3 heteroatoms. The lowest BCUT2D eigenvalue weighted by Crippen LogP contribution is -1.86. The molecule has 0 saturated carbocycles. The first-order valence-corrected chi connectivity index (χ1v) is 4.60. The van der Waals surface area contributed by atoms with Gasteiger partial charge in [-0.1, -0.05) is 0 Å². The second-order valence-corrected chi connectivity index (χ2v) is 3.19. The molecule has 2 nitrogen and oxygen atoms in total. The molecule has 0 spiro atoms. The average Bonchev–Trinajstić information content (AvgIpc) is 2.25. The van der Waals surface area contributed by atoms with Gasteiger partial charge in [0, 0.05) is 5.69 Å². The maximum Gasteiger partial charge on any atom is 0.145 e. The van der Waals surface area contributed by atoms with Crippen molar-refractivity contribution in [2.75, 3.05) is 0 Å². The Morgan fingerprint density at radius 1 is 1.00 bits per heavy atom. The number of hydrogen-bond donors (Lipinski definition) is 0. The Morgan fingerprint density at radius 3 is 2.27 bits per heavy atom. The first kappa shape index (κ1) is 9.65. The fraction of sp³-hybridized carbons (Fsp3) is 0.0833. The van der Waals surface area contributed by atoms with Crippen molar-refractivity contribution in [3.8, 4) is 11.5 Å². The van der Waals surface area contributed by atoms with Crippen LogP contribution in [-0.2, 0) is 0 Å². The number of halogens is 1. The summed E-state index contributed by atoms with van der Waals surface area (Å²) < 4.78 is 18.1. The van der Waals surface area contributed by atoms with E-state index in [9.17, 15) is 4.39 Å². The minimum absolute atomic E-state index is 0.274. The zero-order chi connectivity index (χ0) is 10.7. The summed E-state index contributed by atoms with van der Waals surface area (Å²) in [5.41, 5.74) is 0.932. The van der Waals surface area contributed by atoms with Crippen LogP contribution in [0.15, 0.2) is 42.6 Å². The first-order valence-electron chi connectivity index (χ1n) is 4.60. The van der Waals surface area contributed by atoms with Crippen LogP contribution in [0, 0.1) is 12.7 Å². The first-order chi connectivity index (χ1) is 7.24. The van der Waals surface area contributed by atoms with E-state index in [1.54, 1.807) is 18.3 Å². The smallest absolute Gasteiger partial charge is 0.145 e. The van der Waals surface area contributed by atoms with Crippen LogP contribution in [0.2, 0.25) is 0 Å². The van der Waals surface area contributed by atoms with Crippen molar-refractivity contribution in [1.82, 2.24) is 4.98 Å². The normalized spacial score (nSPS) is 10.0. The quantitative estimate of drug-likeness (QED) is 0.746. The molecule has 0 bridgehead atoms. The van der Waals surface area contributed by atoms with Crippen LogP contribution < -0.4 is 4.74 Å². The maximum absolute atomic E-state index is 12.6. The Hall–Kier alpha value is -1.90. The van der Waals surface area contributed by atoms with Crippen molar-refractivity contribution in [3.63, 3.8) is 0 Å². The van der Waals surface area contributed by atoms with Gasteiger partial charge >= 0.3 is 0 Å². The molecule has 2 rings (SSSR count). The fourth-order valence-electron chi connectivity index (χ4n) is 1.15. The van der Waals surface area contributed by atoms with Gasteiger partial charge in [0.1, 0.15) is 17.3 Å². The largest absolute Gasteiger partial charge is 0.456 e. The van der Waals surface area contributed by atoms with Crippen LogP contribution in [0.25, 0.3) is 0 Å². The Balaban J connectivity index is 2.15. The predicted octanol–water partition coefficient (Wildman–Crippen LogP) is 3.32. The summed E-state index contributed by atoms with van der Waals surface area (Å²) in [7, 11) is 0. The highest BCUT2D eigenvalue weighted by atomic mass is 19.1. The highest BCUT2D eigenvalue weighted by Gasteiger charge is 1.97. The minimum atomic E-state index is -0.274. The zero-order valence-electron chi connectivity index (χ0n) is 8.27. The molecule has 0 fully saturated rings. The molecule has 15 heavy (non-hydrogen) atoms. The molecule has 0 N–H and O–H groups in total. The van der Waals surface area contributed by atoms with Crippen LogP contribution in [-0.4, -0.2) is 4.98 Å². The van der Waals surface area contributed by atoms with Gasteiger partial charge in [0.25, 0.3) is 0 Å². The fourth-order valence-corrected chi connectivity index (χ4v) is 1.15. The van der Waals surface area contributed by atoms with Crippen LogP contribution in [0.1, 0.15) is 5.69 Å². The molecule has 1 heterocycles. The molecule has 2 aromatic rings. The van der Waals surface area contributed by atoms with E-state index in [1.165, 1.54) is 12.1 Å². The average molecular weight is 203 g/mol. The van der Waals surface area contributed by atoms with Crippen LogP contribution in [0.3, 0.4) is 0 Å². The van der Waals surface area contributed by atoms with Gasteiger partial charge in [0.05, 0.1) is 6.20 Å². The summed E-state index contributed by atoms with van der Waals surface area (Å²) in [6, 6.07) is 9.56. The number of benzene rings is 1. The van der Waals surface area contributed by atoms with Crippen molar-refractivity contribution >= 4 is 0 Å². The van der Waals surface area contributed by atoms with E-state index in [0.29, 0.717) is 11.5 Å². The van der Waals surface area contributed by atoms with Crippen molar-refractivity contribution < 1.29 is 9.13 Å². The van der Waals surface area contributed by atoms with Crippen molar-refractivity contribution in [1.29, 1.82) is 0 Å². The van der Waals surface area contributed by atoms with E-state index in [-0.39, 0.29) is 5.82 Å². The minimum Gasteiger partial charge on any atom is -0.456 e. The standard InChI is InChI=1S/C12H10FNO/c1-9-2-5-12(8-14-9)15-11-6-3-10(13)4-7-11/h2-8H,1H3. The number of nitrogens with zero attached hydrogens (tertiary/aromatic N) is 1. The monoisotopic (exact) mass is 203 g/mol. The highest BCUT2D eigenvalue weighted by molar-refractivity contribution is 5.29. The van der Waals surface area contributed by atoms with Gasteiger partial charge in [-0.25, -0.2) is 4.39 Å². The van der Waals surface area contributed by atoms with E-state index < -0.39 is 0 Å². The van der Waals surface area contributed by atoms with Crippen molar-refractivity contribution in [2.45, 2.75) is 6.92 Å². The summed E-state index contributed by atoms with van der Waals surface area (Å²) in [6.07, 6.45) is 1.64. The van der Waals surface area contributed by atoms with Gasteiger partial charge in [0.15, 0.2) is 0 Å². The lowest BCUT2D eigenvalue weighted by Gasteiger charge is -2.04. The topological polar surface area (TPSA) is 22.1 Å². The lowest BCUT2D eigenvalue weighted by atomic mass is 10.3. The lowest BCUT2D eigenvalue weighted by molar-refractivity contribution is 0.478. The molecule has 0 unspecified atom stereocenters. The van der Waals surface area contributed by atoms with Gasteiger partial charge in [-0.05, 0) is 43.3 Å². The highest BCUT2D eigenvalue weighted by Crippen LogP contribution is 2.20. The van der Waals surface area contributed by atoms with Crippen LogP contribution in [0.5, 0.6) is 11.5 Å². The molecule has 1 aromatic carbocycles. The molecule has 0 aliphatic rings. The molecule has 0 aliphatic heterocycles. The molecule has 0 amide bonds. The summed E-state index contributed by atoms with van der Waals surface area (Å²) in [5.74, 6) is 0.971. The number of hydrogen-bond acceptors (Lipinski definition) is 2. The number of rotatable bonds is 2. The summed E-state index contributed by atoms with van der Waals surface area (Å²) in [5, 5.41) is 0. The summed E-state index contributed by atoms with van der Waals surface area (Å²) in [6.45, 7) is 1.90. The van der Waals surface area contributed by atoms with E-state index in [1.807, 2.05) is 19.1 Å². The molecule has 0 saturated heterocycles. The molecular formula is C12H10FNO. The third-order valence-corrected chi connectivity index (χ3v) is 1.93. The Labute approximate surface area is 87.4 Å². The zero-order valence-corrected chi connectivity index (χ0v) is 8.27. The third-order valence-electron chi connectivity index (χ3n) is 1.93. The van der Waals surface area contributed by atoms with Gasteiger partial charge in [-0.2, -0.15) is 0 Å². The number of aromatic nitrogens is 1. The van der Waals surface area contributed by atoms with Crippen LogP contribution >= 0.6 is 0 Å². The predicted molar refractivity (Wildman–Crippen MR) is 55.4 cm³/mol. The van der Waals surface area contributed by atoms with Gasteiger partial charge in [-0.3, -0.25) is 4.98 Å². The van der Waals surface area contributed by atoms with E-state index in [4.69, 9.17) is 4.74 Å². The number of aryl methyl sites for hydroxylation is 1. The van der Waals surface area contributed by atoms with Gasteiger partial charge in [-0.15, -0.1) is 0 Å². The molecule has 0 radical (unpaired) electrons.